The molecule has 0 heterocycles. The first-order valence-corrected chi connectivity index (χ1v) is 9.29. The SMILES string of the molecule is Cl.Cl.Nc1ccc(S(=O)(=O)NC(N)CNc2cccc3ccccc23)cc1. The summed E-state index contributed by atoms with van der Waals surface area (Å²) >= 11 is 0. The predicted molar refractivity (Wildman–Crippen MR) is 116 cm³/mol. The van der Waals surface area contributed by atoms with E-state index in [-0.39, 0.29) is 36.3 Å². The Balaban J connectivity index is 0.00000182. The number of halogens is 2. The maximum Gasteiger partial charge on any atom is 0.241 e. The number of hydrogen-bond donors (Lipinski definition) is 4. The molecule has 0 aliphatic carbocycles. The molecule has 0 spiro atoms. The monoisotopic (exact) mass is 428 g/mol. The third-order valence-electron chi connectivity index (χ3n) is 3.80. The number of nitrogen functional groups attached to an aromatic ring is 1. The van der Waals surface area contributed by atoms with Crippen molar-refractivity contribution in [2.45, 2.75) is 11.1 Å². The number of anilines is 2. The summed E-state index contributed by atoms with van der Waals surface area (Å²) in [5.74, 6) is 0. The molecule has 1 unspecified atom stereocenters. The van der Waals surface area contributed by atoms with Gasteiger partial charge < -0.3 is 16.8 Å². The van der Waals surface area contributed by atoms with Gasteiger partial charge in [-0.15, -0.1) is 24.8 Å². The summed E-state index contributed by atoms with van der Waals surface area (Å²) in [5.41, 5.74) is 12.9. The van der Waals surface area contributed by atoms with Gasteiger partial charge in [-0.2, -0.15) is 4.72 Å². The van der Waals surface area contributed by atoms with Crippen molar-refractivity contribution in [2.24, 2.45) is 5.73 Å². The number of rotatable bonds is 6. The van der Waals surface area contributed by atoms with Crippen molar-refractivity contribution >= 4 is 57.0 Å². The Hall–Kier alpha value is -2.03. The molecule has 0 aliphatic rings. The maximum atomic E-state index is 12.3. The van der Waals surface area contributed by atoms with Crippen molar-refractivity contribution in [2.75, 3.05) is 17.6 Å². The summed E-state index contributed by atoms with van der Waals surface area (Å²) in [6, 6.07) is 19.8. The molecule has 0 aliphatic heterocycles. The lowest BCUT2D eigenvalue weighted by Crippen LogP contribution is -2.46. The van der Waals surface area contributed by atoms with E-state index < -0.39 is 16.2 Å². The van der Waals surface area contributed by atoms with E-state index in [2.05, 4.69) is 10.0 Å². The molecule has 0 aromatic heterocycles. The van der Waals surface area contributed by atoms with E-state index in [1.54, 1.807) is 0 Å². The Morgan fingerprint density at radius 2 is 1.52 bits per heavy atom. The van der Waals surface area contributed by atoms with Gasteiger partial charge in [0.05, 0.1) is 11.1 Å². The van der Waals surface area contributed by atoms with E-state index in [1.807, 2.05) is 42.5 Å². The van der Waals surface area contributed by atoms with Crippen molar-refractivity contribution < 1.29 is 8.42 Å². The topological polar surface area (TPSA) is 110 Å². The molecule has 3 aromatic rings. The molecule has 9 heteroatoms. The van der Waals surface area contributed by atoms with E-state index >= 15 is 0 Å². The third-order valence-corrected chi connectivity index (χ3v) is 5.30. The normalized spacial score (nSPS) is 11.9. The first-order valence-electron chi connectivity index (χ1n) is 7.81. The smallest absolute Gasteiger partial charge is 0.241 e. The average molecular weight is 429 g/mol. The molecule has 6 nitrogen and oxygen atoms in total. The van der Waals surface area contributed by atoms with Gasteiger partial charge in [-0.25, -0.2) is 8.42 Å². The number of nitrogens with two attached hydrogens (primary N) is 2. The third kappa shape index (κ3) is 5.72. The highest BCUT2D eigenvalue weighted by atomic mass is 35.5. The first-order chi connectivity index (χ1) is 12.0. The van der Waals surface area contributed by atoms with Crippen molar-refractivity contribution in [3.05, 3.63) is 66.7 Å². The van der Waals surface area contributed by atoms with E-state index in [0.29, 0.717) is 5.69 Å². The Morgan fingerprint density at radius 3 is 2.22 bits per heavy atom. The molecular weight excluding hydrogens is 407 g/mol. The van der Waals surface area contributed by atoms with Crippen LogP contribution in [0, 0.1) is 0 Å². The van der Waals surface area contributed by atoms with Crippen molar-refractivity contribution in [3.8, 4) is 0 Å². The second kappa shape index (κ2) is 9.77. The molecule has 0 radical (unpaired) electrons. The van der Waals surface area contributed by atoms with Gasteiger partial charge in [-0.05, 0) is 35.7 Å². The Morgan fingerprint density at radius 1 is 0.889 bits per heavy atom. The second-order valence-corrected chi connectivity index (χ2v) is 7.42. The molecular formula is C18H22Cl2N4O2S. The molecule has 27 heavy (non-hydrogen) atoms. The van der Waals surface area contributed by atoms with Crippen LogP contribution in [0.4, 0.5) is 11.4 Å². The molecule has 3 aromatic carbocycles. The molecule has 0 fully saturated rings. The minimum absolute atomic E-state index is 0. The van der Waals surface area contributed by atoms with Gasteiger partial charge in [0.25, 0.3) is 0 Å². The highest BCUT2D eigenvalue weighted by Crippen LogP contribution is 2.22. The van der Waals surface area contributed by atoms with E-state index in [0.717, 1.165) is 16.5 Å². The fourth-order valence-corrected chi connectivity index (χ4v) is 3.67. The van der Waals surface area contributed by atoms with Gasteiger partial charge in [0.15, 0.2) is 0 Å². The molecule has 0 amide bonds. The molecule has 6 N–H and O–H groups in total. The van der Waals surface area contributed by atoms with E-state index in [4.69, 9.17) is 11.5 Å². The summed E-state index contributed by atoms with van der Waals surface area (Å²) in [4.78, 5) is 0.127. The average Bonchev–Trinajstić information content (AvgIpc) is 2.60. The van der Waals surface area contributed by atoms with Gasteiger partial charge in [0.2, 0.25) is 10.0 Å². The molecule has 0 saturated carbocycles. The standard InChI is InChI=1S/C18H20N4O2S.2ClH/c19-14-8-10-15(11-9-14)25(23,24)22-18(20)12-21-17-7-3-5-13-4-1-2-6-16(13)17;;/h1-11,18,21-22H,12,19-20H2;2*1H. The van der Waals surface area contributed by atoms with Crippen LogP contribution in [0.15, 0.2) is 71.6 Å². The predicted octanol–water partition coefficient (Wildman–Crippen LogP) is 2.94. The zero-order valence-corrected chi connectivity index (χ0v) is 16.8. The Kier molecular flexibility index (Phi) is 8.33. The van der Waals surface area contributed by atoms with Crippen LogP contribution < -0.4 is 21.5 Å². The second-order valence-electron chi connectivity index (χ2n) is 5.70. The first kappa shape index (κ1) is 23.0. The number of fused-ring (bicyclic) bond motifs is 1. The van der Waals surface area contributed by atoms with Gasteiger partial charge in [0, 0.05) is 23.3 Å². The Bertz CT molecular complexity index is 977. The van der Waals surface area contributed by atoms with Crippen LogP contribution >= 0.6 is 24.8 Å². The largest absolute Gasteiger partial charge is 0.399 e. The lowest BCUT2D eigenvalue weighted by Gasteiger charge is -2.17. The molecule has 3 rings (SSSR count). The summed E-state index contributed by atoms with van der Waals surface area (Å²) in [7, 11) is -3.69. The zero-order valence-electron chi connectivity index (χ0n) is 14.3. The van der Waals surface area contributed by atoms with Crippen LogP contribution in [0.1, 0.15) is 0 Å². The number of benzene rings is 3. The summed E-state index contributed by atoms with van der Waals surface area (Å²) in [6.45, 7) is 0.252. The summed E-state index contributed by atoms with van der Waals surface area (Å²) in [5, 5.41) is 5.35. The van der Waals surface area contributed by atoms with E-state index in [9.17, 15) is 8.42 Å². The van der Waals surface area contributed by atoms with E-state index in [1.165, 1.54) is 24.3 Å². The van der Waals surface area contributed by atoms with Crippen LogP contribution in [0.25, 0.3) is 10.8 Å². The zero-order chi connectivity index (χ0) is 17.9. The quantitative estimate of drug-likeness (QED) is 0.356. The van der Waals surface area contributed by atoms with Crippen molar-refractivity contribution in [3.63, 3.8) is 0 Å². The molecule has 146 valence electrons. The van der Waals surface area contributed by atoms with Crippen LogP contribution in [0.3, 0.4) is 0 Å². The van der Waals surface area contributed by atoms with Crippen molar-refractivity contribution in [1.82, 2.24) is 4.72 Å². The summed E-state index contributed by atoms with van der Waals surface area (Å²) < 4.78 is 27.1. The highest BCUT2D eigenvalue weighted by molar-refractivity contribution is 7.89. The lowest BCUT2D eigenvalue weighted by molar-refractivity contribution is 0.560. The van der Waals surface area contributed by atoms with Gasteiger partial charge in [-0.1, -0.05) is 36.4 Å². The van der Waals surface area contributed by atoms with Gasteiger partial charge >= 0.3 is 0 Å². The molecule has 1 atom stereocenters. The van der Waals surface area contributed by atoms with Crippen LogP contribution in [-0.4, -0.2) is 21.1 Å². The van der Waals surface area contributed by atoms with Crippen LogP contribution in [0.5, 0.6) is 0 Å². The highest BCUT2D eigenvalue weighted by Gasteiger charge is 2.17. The van der Waals surface area contributed by atoms with Crippen molar-refractivity contribution in [1.29, 1.82) is 0 Å². The van der Waals surface area contributed by atoms with Gasteiger partial charge in [0.1, 0.15) is 0 Å². The number of nitrogens with one attached hydrogen (secondary N) is 2. The fourth-order valence-electron chi connectivity index (χ4n) is 2.56. The van der Waals surface area contributed by atoms with Crippen LogP contribution in [-0.2, 0) is 10.0 Å². The fraction of sp³-hybridized carbons (Fsp3) is 0.111. The summed E-state index contributed by atoms with van der Waals surface area (Å²) in [6.07, 6.45) is -0.776. The molecule has 0 bridgehead atoms. The maximum absolute atomic E-state index is 12.3. The number of hydrogen-bond acceptors (Lipinski definition) is 5. The van der Waals surface area contributed by atoms with Crippen LogP contribution in [0.2, 0.25) is 0 Å². The minimum Gasteiger partial charge on any atom is -0.399 e. The minimum atomic E-state index is -3.69. The van der Waals surface area contributed by atoms with Gasteiger partial charge in [-0.3, -0.25) is 0 Å². The lowest BCUT2D eigenvalue weighted by atomic mass is 10.1. The molecule has 0 saturated heterocycles. The number of sulfonamides is 1. The Labute approximate surface area is 171 Å².